The van der Waals surface area contributed by atoms with Crippen LogP contribution in [0.15, 0.2) is 0 Å². The number of hydrogen-bond acceptors (Lipinski definition) is 0. The summed E-state index contributed by atoms with van der Waals surface area (Å²) in [7, 11) is 2.35. The fourth-order valence-electron chi connectivity index (χ4n) is 2.19. The molecule has 0 radical (unpaired) electrons. The minimum absolute atomic E-state index is 0.448. The molecule has 90 valence electrons. The second-order valence-electron chi connectivity index (χ2n) is 6.79. The van der Waals surface area contributed by atoms with Crippen LogP contribution in [0.4, 0.5) is 0 Å². The van der Waals surface area contributed by atoms with Crippen LogP contribution >= 0.6 is 0 Å². The van der Waals surface area contributed by atoms with Crippen LogP contribution in [0, 0.1) is 22.7 Å². The maximum atomic E-state index is 2.48. The molecule has 3 atom stereocenters. The lowest BCUT2D eigenvalue weighted by molar-refractivity contribution is 0.121. The molecule has 1 heteroatoms. The Balaban J connectivity index is 4.57. The van der Waals surface area contributed by atoms with Gasteiger partial charge in [-0.1, -0.05) is 61.2 Å². The molecule has 0 nitrogen and oxygen atoms in total. The molecule has 0 aromatic rings. The Bertz CT molecular complexity index is 180. The summed E-state index contributed by atoms with van der Waals surface area (Å²) in [5, 5.41) is 0. The van der Waals surface area contributed by atoms with Crippen molar-refractivity contribution in [1.82, 2.24) is 0 Å². The van der Waals surface area contributed by atoms with E-state index in [1.807, 2.05) is 0 Å². The Hall–Kier alpha value is 0.0649. The monoisotopic (exact) mass is 210 g/mol. The van der Waals surface area contributed by atoms with Crippen LogP contribution in [-0.4, -0.2) is 7.85 Å². The van der Waals surface area contributed by atoms with Gasteiger partial charge in [0.25, 0.3) is 0 Å². The molecule has 0 aromatic carbocycles. The lowest BCUT2D eigenvalue weighted by Gasteiger charge is -2.40. The van der Waals surface area contributed by atoms with Crippen molar-refractivity contribution in [2.45, 2.75) is 67.6 Å². The summed E-state index contributed by atoms with van der Waals surface area (Å²) in [4.78, 5) is 0. The first-order valence-electron chi connectivity index (χ1n) is 6.67. The number of hydrogen-bond donors (Lipinski definition) is 0. The summed E-state index contributed by atoms with van der Waals surface area (Å²) < 4.78 is 0. The molecule has 0 saturated carbocycles. The average molecular weight is 210 g/mol. The first-order chi connectivity index (χ1) is 6.67. The van der Waals surface area contributed by atoms with Gasteiger partial charge in [-0.2, -0.15) is 0 Å². The van der Waals surface area contributed by atoms with Gasteiger partial charge in [-0.05, 0) is 29.1 Å². The van der Waals surface area contributed by atoms with E-state index in [1.165, 1.54) is 19.2 Å². The Labute approximate surface area is 98.6 Å². The zero-order chi connectivity index (χ0) is 12.3. The van der Waals surface area contributed by atoms with E-state index in [4.69, 9.17) is 0 Å². The molecule has 0 N–H and O–H groups in total. The first kappa shape index (κ1) is 15.1. The summed E-state index contributed by atoms with van der Waals surface area (Å²) in [6.45, 7) is 16.7. The molecule has 0 aromatic heterocycles. The summed E-state index contributed by atoms with van der Waals surface area (Å²) in [5.41, 5.74) is 0.978. The van der Waals surface area contributed by atoms with Crippen molar-refractivity contribution in [3.63, 3.8) is 0 Å². The third kappa shape index (κ3) is 4.21. The predicted octanol–water partition coefficient (Wildman–Crippen LogP) is 4.16. The van der Waals surface area contributed by atoms with Crippen LogP contribution in [0.1, 0.15) is 61.3 Å². The van der Waals surface area contributed by atoms with E-state index < -0.39 is 0 Å². The van der Waals surface area contributed by atoms with Crippen LogP contribution in [0.5, 0.6) is 0 Å². The third-order valence-corrected chi connectivity index (χ3v) is 4.86. The fourth-order valence-corrected chi connectivity index (χ4v) is 2.19. The highest BCUT2D eigenvalue weighted by Crippen LogP contribution is 2.43. The van der Waals surface area contributed by atoms with Gasteiger partial charge < -0.3 is 0 Å². The lowest BCUT2D eigenvalue weighted by Crippen LogP contribution is -2.31. The van der Waals surface area contributed by atoms with E-state index in [1.54, 1.807) is 0 Å². The second kappa shape index (κ2) is 5.41. The molecule has 0 aliphatic heterocycles. The smallest absolute Gasteiger partial charge is 0.0755 e. The summed E-state index contributed by atoms with van der Waals surface area (Å²) in [6, 6.07) is 0. The molecule has 0 aliphatic carbocycles. The Morgan fingerprint density at radius 3 is 1.73 bits per heavy atom. The van der Waals surface area contributed by atoms with Crippen molar-refractivity contribution < 1.29 is 0 Å². The minimum atomic E-state index is 0.448. The van der Waals surface area contributed by atoms with Crippen molar-refractivity contribution in [1.29, 1.82) is 0 Å². The summed E-state index contributed by atoms with van der Waals surface area (Å²) in [5.74, 6) is 1.64. The van der Waals surface area contributed by atoms with E-state index in [2.05, 4.69) is 56.3 Å². The third-order valence-electron chi connectivity index (χ3n) is 4.86. The van der Waals surface area contributed by atoms with Crippen LogP contribution in [0.3, 0.4) is 0 Å². The molecule has 0 saturated heterocycles. The standard InChI is InChI=1S/C14H31B/c1-8-11(2)14(7,10-15)9-12(3)13(4,5)6/h11-12H,8-10,15H2,1-7H3/t11-,12-,14?/m1/s1. The van der Waals surface area contributed by atoms with Gasteiger partial charge >= 0.3 is 0 Å². The topological polar surface area (TPSA) is 0 Å². The van der Waals surface area contributed by atoms with E-state index in [9.17, 15) is 0 Å². The molecule has 0 heterocycles. The fraction of sp³-hybridized carbons (Fsp3) is 1.00. The molecule has 15 heavy (non-hydrogen) atoms. The van der Waals surface area contributed by atoms with Crippen molar-refractivity contribution in [2.75, 3.05) is 0 Å². The van der Waals surface area contributed by atoms with E-state index in [0.29, 0.717) is 10.8 Å². The van der Waals surface area contributed by atoms with Crippen LogP contribution in [0.2, 0.25) is 6.32 Å². The summed E-state index contributed by atoms with van der Waals surface area (Å²) in [6.07, 6.45) is 3.98. The zero-order valence-electron chi connectivity index (χ0n) is 12.3. The molecule has 0 rings (SSSR count). The van der Waals surface area contributed by atoms with E-state index in [0.717, 1.165) is 11.8 Å². The van der Waals surface area contributed by atoms with Gasteiger partial charge in [0, 0.05) is 0 Å². The first-order valence-corrected chi connectivity index (χ1v) is 6.67. The molecule has 0 bridgehead atoms. The van der Waals surface area contributed by atoms with Gasteiger partial charge in [-0.3, -0.25) is 0 Å². The van der Waals surface area contributed by atoms with Crippen LogP contribution in [-0.2, 0) is 0 Å². The van der Waals surface area contributed by atoms with Crippen LogP contribution < -0.4 is 0 Å². The van der Waals surface area contributed by atoms with Crippen molar-refractivity contribution >= 4 is 7.85 Å². The Kier molecular flexibility index (Phi) is 5.43. The molecular weight excluding hydrogens is 179 g/mol. The second-order valence-corrected chi connectivity index (χ2v) is 6.79. The summed E-state index contributed by atoms with van der Waals surface area (Å²) >= 11 is 0. The van der Waals surface area contributed by atoms with Gasteiger partial charge in [0.05, 0.1) is 0 Å². The van der Waals surface area contributed by atoms with E-state index >= 15 is 0 Å². The van der Waals surface area contributed by atoms with Crippen molar-refractivity contribution in [3.05, 3.63) is 0 Å². The normalized spacial score (nSPS) is 20.7. The molecule has 0 aliphatic rings. The average Bonchev–Trinajstić information content (AvgIpc) is 2.14. The van der Waals surface area contributed by atoms with Gasteiger partial charge in [0.15, 0.2) is 0 Å². The van der Waals surface area contributed by atoms with Gasteiger partial charge in [0.1, 0.15) is 7.85 Å². The van der Waals surface area contributed by atoms with Gasteiger partial charge in [-0.15, -0.1) is 0 Å². The molecule has 0 spiro atoms. The van der Waals surface area contributed by atoms with E-state index in [-0.39, 0.29) is 0 Å². The zero-order valence-corrected chi connectivity index (χ0v) is 12.3. The Morgan fingerprint density at radius 2 is 1.47 bits per heavy atom. The lowest BCUT2D eigenvalue weighted by atomic mass is 9.61. The number of rotatable bonds is 5. The Morgan fingerprint density at radius 1 is 1.00 bits per heavy atom. The van der Waals surface area contributed by atoms with Gasteiger partial charge in [-0.25, -0.2) is 0 Å². The molecular formula is C14H31B. The molecule has 0 amide bonds. The van der Waals surface area contributed by atoms with Crippen molar-refractivity contribution in [2.24, 2.45) is 22.7 Å². The highest BCUT2D eigenvalue weighted by molar-refractivity contribution is 6.09. The SMILES string of the molecule is BCC(C)(C[C@@H](C)C(C)(C)C)[C@H](C)CC. The van der Waals surface area contributed by atoms with Gasteiger partial charge in [0.2, 0.25) is 0 Å². The highest BCUT2D eigenvalue weighted by Gasteiger charge is 2.33. The van der Waals surface area contributed by atoms with Crippen molar-refractivity contribution in [3.8, 4) is 0 Å². The largest absolute Gasteiger partial charge is 0.102 e. The minimum Gasteiger partial charge on any atom is -0.0755 e. The predicted molar refractivity (Wildman–Crippen MR) is 74.1 cm³/mol. The molecule has 0 fully saturated rings. The quantitative estimate of drug-likeness (QED) is 0.597. The maximum absolute atomic E-state index is 2.48. The molecule has 1 unspecified atom stereocenters. The van der Waals surface area contributed by atoms with Crippen LogP contribution in [0.25, 0.3) is 0 Å². The highest BCUT2D eigenvalue weighted by atomic mass is 14.4. The maximum Gasteiger partial charge on any atom is 0.102 e.